The number of nitrogens with one attached hydrogen (secondary N) is 1. The molecule has 1 atom stereocenters. The van der Waals surface area contributed by atoms with E-state index in [2.05, 4.69) is 16.4 Å². The first-order valence-corrected chi connectivity index (χ1v) is 7.08. The van der Waals surface area contributed by atoms with Gasteiger partial charge in [-0.05, 0) is 29.8 Å². The van der Waals surface area contributed by atoms with Gasteiger partial charge < -0.3 is 11.1 Å². The van der Waals surface area contributed by atoms with Crippen molar-refractivity contribution in [1.82, 2.24) is 9.55 Å². The summed E-state index contributed by atoms with van der Waals surface area (Å²) in [5.41, 5.74) is 8.61. The van der Waals surface area contributed by atoms with Crippen molar-refractivity contribution in [3.05, 3.63) is 71.3 Å². The van der Waals surface area contributed by atoms with E-state index in [0.717, 1.165) is 11.0 Å². The van der Waals surface area contributed by atoms with Gasteiger partial charge >= 0.3 is 0 Å². The molecule has 0 aliphatic carbocycles. The minimum absolute atomic E-state index is 0.240. The Balaban J connectivity index is 2.04. The van der Waals surface area contributed by atoms with Gasteiger partial charge in [0.05, 0.1) is 16.6 Å². The lowest BCUT2D eigenvalue weighted by Gasteiger charge is -2.27. The lowest BCUT2D eigenvalue weighted by atomic mass is 9.97. The Morgan fingerprint density at radius 3 is 2.83 bits per heavy atom. The van der Waals surface area contributed by atoms with Crippen molar-refractivity contribution in [2.45, 2.75) is 6.04 Å². The summed E-state index contributed by atoms with van der Waals surface area (Å²) in [5.74, 6) is 0.421. The van der Waals surface area contributed by atoms with E-state index in [1.54, 1.807) is 12.1 Å². The van der Waals surface area contributed by atoms with Crippen molar-refractivity contribution < 1.29 is 4.39 Å². The number of benzene rings is 2. The smallest absolute Gasteiger partial charge is 0.210 e. The predicted octanol–water partition coefficient (Wildman–Crippen LogP) is 2.88. The zero-order valence-electron chi connectivity index (χ0n) is 12.0. The van der Waals surface area contributed by atoms with Gasteiger partial charge in [0.2, 0.25) is 5.95 Å². The Labute approximate surface area is 131 Å². The monoisotopic (exact) mass is 305 g/mol. The number of nitrogens with zero attached hydrogens (tertiary/aromatic N) is 3. The van der Waals surface area contributed by atoms with Crippen molar-refractivity contribution in [3.8, 4) is 6.07 Å². The third-order valence-corrected chi connectivity index (χ3v) is 3.95. The first kappa shape index (κ1) is 13.3. The second kappa shape index (κ2) is 4.85. The highest BCUT2D eigenvalue weighted by Gasteiger charge is 2.31. The SMILES string of the molecule is N#CC1=C(N)Nc2nc3ccccc3n2C1c1cccc(F)c1. The van der Waals surface area contributed by atoms with Gasteiger partial charge in [0.25, 0.3) is 0 Å². The summed E-state index contributed by atoms with van der Waals surface area (Å²) in [4.78, 5) is 4.51. The largest absolute Gasteiger partial charge is 0.384 e. The molecule has 6 heteroatoms. The molecule has 1 aliphatic rings. The molecule has 0 fully saturated rings. The molecular formula is C17H12FN5. The number of hydrogen-bond donors (Lipinski definition) is 2. The Kier molecular flexibility index (Phi) is 2.81. The summed E-state index contributed by atoms with van der Waals surface area (Å²) in [6.45, 7) is 0. The Hall–Kier alpha value is -3.33. The number of anilines is 1. The van der Waals surface area contributed by atoms with Gasteiger partial charge in [-0.1, -0.05) is 24.3 Å². The van der Waals surface area contributed by atoms with E-state index in [1.165, 1.54) is 12.1 Å². The highest BCUT2D eigenvalue weighted by molar-refractivity contribution is 5.80. The van der Waals surface area contributed by atoms with Gasteiger partial charge in [0.15, 0.2) is 0 Å². The highest BCUT2D eigenvalue weighted by Crippen LogP contribution is 2.37. The van der Waals surface area contributed by atoms with Gasteiger partial charge in [-0.15, -0.1) is 0 Å². The van der Waals surface area contributed by atoms with Crippen molar-refractivity contribution in [2.24, 2.45) is 5.73 Å². The van der Waals surface area contributed by atoms with E-state index in [-0.39, 0.29) is 11.6 Å². The number of nitrogens with two attached hydrogens (primary N) is 1. The molecule has 3 N–H and O–H groups in total. The van der Waals surface area contributed by atoms with Gasteiger partial charge in [0, 0.05) is 0 Å². The molecule has 2 aromatic carbocycles. The maximum absolute atomic E-state index is 13.7. The van der Waals surface area contributed by atoms with Crippen LogP contribution < -0.4 is 11.1 Å². The first-order chi connectivity index (χ1) is 11.2. The van der Waals surface area contributed by atoms with Gasteiger partial charge in [-0.2, -0.15) is 5.26 Å². The van der Waals surface area contributed by atoms with Crippen LogP contribution in [0.1, 0.15) is 11.6 Å². The maximum Gasteiger partial charge on any atom is 0.210 e. The van der Waals surface area contributed by atoms with Crippen LogP contribution in [0.25, 0.3) is 11.0 Å². The highest BCUT2D eigenvalue weighted by atomic mass is 19.1. The molecular weight excluding hydrogens is 293 g/mol. The lowest BCUT2D eigenvalue weighted by molar-refractivity contribution is 0.615. The van der Waals surface area contributed by atoms with Crippen molar-refractivity contribution >= 4 is 17.0 Å². The van der Waals surface area contributed by atoms with Crippen LogP contribution in [0.4, 0.5) is 10.3 Å². The average molecular weight is 305 g/mol. The molecule has 0 amide bonds. The molecule has 1 unspecified atom stereocenters. The number of aromatic nitrogens is 2. The van der Waals surface area contributed by atoms with E-state index in [4.69, 9.17) is 5.73 Å². The van der Waals surface area contributed by atoms with Gasteiger partial charge in [-0.3, -0.25) is 4.57 Å². The molecule has 4 rings (SSSR count). The van der Waals surface area contributed by atoms with E-state index in [0.29, 0.717) is 17.1 Å². The second-order valence-corrected chi connectivity index (χ2v) is 5.32. The molecule has 1 aliphatic heterocycles. The van der Waals surface area contributed by atoms with E-state index < -0.39 is 6.04 Å². The molecule has 3 aromatic rings. The molecule has 1 aromatic heterocycles. The molecule has 0 saturated heterocycles. The van der Waals surface area contributed by atoms with Crippen molar-refractivity contribution in [1.29, 1.82) is 5.26 Å². The number of fused-ring (bicyclic) bond motifs is 3. The fourth-order valence-electron chi connectivity index (χ4n) is 2.97. The lowest BCUT2D eigenvalue weighted by Crippen LogP contribution is -2.27. The number of imidazole rings is 1. The molecule has 0 spiro atoms. The summed E-state index contributed by atoms with van der Waals surface area (Å²) in [7, 11) is 0. The van der Waals surface area contributed by atoms with Crippen molar-refractivity contribution in [2.75, 3.05) is 5.32 Å². The molecule has 0 radical (unpaired) electrons. The summed E-state index contributed by atoms with van der Waals surface area (Å²) >= 11 is 0. The number of para-hydroxylation sites is 2. The third-order valence-electron chi connectivity index (χ3n) is 3.95. The number of allylic oxidation sites excluding steroid dienone is 1. The van der Waals surface area contributed by atoms with Gasteiger partial charge in [0.1, 0.15) is 23.7 Å². The zero-order chi connectivity index (χ0) is 16.0. The van der Waals surface area contributed by atoms with Crippen molar-refractivity contribution in [3.63, 3.8) is 0 Å². The molecule has 0 saturated carbocycles. The molecule has 0 bridgehead atoms. The average Bonchev–Trinajstić information content (AvgIpc) is 2.91. The van der Waals surface area contributed by atoms with Crippen LogP contribution >= 0.6 is 0 Å². The van der Waals surface area contributed by atoms with Crippen LogP contribution in [-0.2, 0) is 0 Å². The fourth-order valence-corrected chi connectivity index (χ4v) is 2.97. The van der Waals surface area contributed by atoms with E-state index in [1.807, 2.05) is 28.8 Å². The standard InChI is InChI=1S/C17H12FN5/c18-11-5-3-4-10(8-11)15-12(9-19)16(20)22-17-21-13-6-1-2-7-14(13)23(15)17/h1-8,15H,20H2,(H,21,22). The fraction of sp³-hybridized carbons (Fsp3) is 0.0588. The maximum atomic E-state index is 13.7. The number of hydrogen-bond acceptors (Lipinski definition) is 4. The van der Waals surface area contributed by atoms with Crippen LogP contribution in [0.2, 0.25) is 0 Å². The normalized spacial score (nSPS) is 16.8. The molecule has 2 heterocycles. The van der Waals surface area contributed by atoms with Crippen LogP contribution in [0, 0.1) is 17.1 Å². The van der Waals surface area contributed by atoms with E-state index >= 15 is 0 Å². The minimum Gasteiger partial charge on any atom is -0.384 e. The zero-order valence-corrected chi connectivity index (χ0v) is 12.0. The van der Waals surface area contributed by atoms with E-state index in [9.17, 15) is 9.65 Å². The second-order valence-electron chi connectivity index (χ2n) is 5.32. The quantitative estimate of drug-likeness (QED) is 0.724. The van der Waals surface area contributed by atoms with Crippen LogP contribution in [0.3, 0.4) is 0 Å². The molecule has 5 nitrogen and oxygen atoms in total. The predicted molar refractivity (Wildman–Crippen MR) is 84.7 cm³/mol. The van der Waals surface area contributed by atoms with Crippen LogP contribution in [-0.4, -0.2) is 9.55 Å². The third kappa shape index (κ3) is 1.94. The van der Waals surface area contributed by atoms with Crippen LogP contribution in [0.5, 0.6) is 0 Å². The van der Waals surface area contributed by atoms with Gasteiger partial charge in [-0.25, -0.2) is 9.37 Å². The van der Waals surface area contributed by atoms with Crippen LogP contribution in [0.15, 0.2) is 59.9 Å². The Morgan fingerprint density at radius 1 is 1.22 bits per heavy atom. The Bertz CT molecular complexity index is 996. The summed E-state index contributed by atoms with van der Waals surface area (Å²) in [6, 6.07) is 15.4. The first-order valence-electron chi connectivity index (χ1n) is 7.08. The molecule has 112 valence electrons. The molecule has 23 heavy (non-hydrogen) atoms. The minimum atomic E-state index is -0.514. The summed E-state index contributed by atoms with van der Waals surface area (Å²) < 4.78 is 15.6. The topological polar surface area (TPSA) is 79.7 Å². The number of halogens is 1. The number of rotatable bonds is 1. The summed E-state index contributed by atoms with van der Waals surface area (Å²) in [5, 5.41) is 12.5. The summed E-state index contributed by atoms with van der Waals surface area (Å²) in [6.07, 6.45) is 0. The Morgan fingerprint density at radius 2 is 2.04 bits per heavy atom. The number of nitriles is 1.